The SMILES string of the molecule is Brc1ccc2ccc3c(c2c1)-c1ccccc1C3.c1ccc(-c2nc(-n3c4ccccc4c4c5cc(-c6cccc7c6sc6ccccc67)ccc5ccc43)nc3ccccc23)cc1.c1ccc2c(c1)Cc1ccc3ccc(-c4cccc5c4sc4ccccc45)cc3c1-2. The van der Waals surface area contributed by atoms with Gasteiger partial charge in [-0.25, -0.2) is 9.97 Å². The van der Waals surface area contributed by atoms with Crippen LogP contribution >= 0.6 is 38.6 Å². The fourth-order valence-corrected chi connectivity index (χ4v) is 18.0. The number of benzene rings is 15. The van der Waals surface area contributed by atoms with Crippen molar-refractivity contribution >= 4 is 144 Å². The Morgan fingerprint density at radius 3 is 1.44 bits per heavy atom. The van der Waals surface area contributed by atoms with Gasteiger partial charge in [-0.1, -0.05) is 265 Å². The van der Waals surface area contributed by atoms with Crippen molar-refractivity contribution in [1.82, 2.24) is 14.5 Å². The fourth-order valence-electron chi connectivity index (χ4n) is 15.1. The van der Waals surface area contributed by atoms with E-state index in [1.54, 1.807) is 0 Å². The average molecular weight is 1300 g/mol. The molecular formula is C88H54BrN3S2. The van der Waals surface area contributed by atoms with Gasteiger partial charge in [0.1, 0.15) is 0 Å². The quantitative estimate of drug-likeness (QED) is 0.176. The maximum Gasteiger partial charge on any atom is 0.235 e. The van der Waals surface area contributed by atoms with Gasteiger partial charge in [-0.05, 0) is 167 Å². The zero-order valence-corrected chi connectivity index (χ0v) is 54.0. The minimum atomic E-state index is 0.675. The third kappa shape index (κ3) is 8.96. The molecule has 15 aromatic carbocycles. The number of thiophene rings is 2. The first kappa shape index (κ1) is 54.8. The Bertz CT molecular complexity index is 6330. The van der Waals surface area contributed by atoms with Crippen molar-refractivity contribution in [3.8, 4) is 61.7 Å². The molecule has 19 aromatic rings. The van der Waals surface area contributed by atoms with Crippen LogP contribution in [-0.4, -0.2) is 14.5 Å². The molecular weight excluding hydrogens is 1240 g/mol. The van der Waals surface area contributed by atoms with Crippen LogP contribution in [0.4, 0.5) is 0 Å². The highest BCUT2D eigenvalue weighted by Crippen LogP contribution is 2.47. The third-order valence-corrected chi connectivity index (χ3v) is 22.4. The van der Waals surface area contributed by atoms with Crippen LogP contribution < -0.4 is 0 Å². The van der Waals surface area contributed by atoms with Gasteiger partial charge >= 0.3 is 0 Å². The van der Waals surface area contributed by atoms with E-state index in [0.717, 1.165) is 50.5 Å². The molecule has 0 fully saturated rings. The van der Waals surface area contributed by atoms with Gasteiger partial charge in [0.2, 0.25) is 5.95 Å². The summed E-state index contributed by atoms with van der Waals surface area (Å²) >= 11 is 7.36. The number of hydrogen-bond acceptors (Lipinski definition) is 4. The molecule has 4 aromatic heterocycles. The number of fused-ring (bicyclic) bond motifs is 22. The molecule has 3 nitrogen and oxygen atoms in total. The predicted octanol–water partition coefficient (Wildman–Crippen LogP) is 25.2. The first-order valence-corrected chi connectivity index (χ1v) is 34.5. The predicted molar refractivity (Wildman–Crippen MR) is 406 cm³/mol. The number of para-hydroxylation sites is 2. The van der Waals surface area contributed by atoms with Crippen molar-refractivity contribution in [2.45, 2.75) is 12.8 Å². The van der Waals surface area contributed by atoms with Gasteiger partial charge in [0, 0.05) is 66.5 Å². The van der Waals surface area contributed by atoms with Crippen molar-refractivity contribution in [3.05, 3.63) is 330 Å². The summed E-state index contributed by atoms with van der Waals surface area (Å²) in [6, 6.07) is 110. The van der Waals surface area contributed by atoms with Crippen LogP contribution in [0.15, 0.2) is 308 Å². The second kappa shape index (κ2) is 22.2. The largest absolute Gasteiger partial charge is 0.278 e. The van der Waals surface area contributed by atoms with Gasteiger partial charge in [-0.3, -0.25) is 4.57 Å². The molecule has 0 bridgehead atoms. The van der Waals surface area contributed by atoms with E-state index in [2.05, 4.69) is 312 Å². The lowest BCUT2D eigenvalue weighted by Gasteiger charge is -2.12. The molecule has 2 aliphatic carbocycles. The Labute approximate surface area is 558 Å². The Morgan fingerprint density at radius 2 is 0.787 bits per heavy atom. The summed E-state index contributed by atoms with van der Waals surface area (Å²) < 4.78 is 8.77. The molecule has 0 amide bonds. The highest BCUT2D eigenvalue weighted by atomic mass is 79.9. The minimum Gasteiger partial charge on any atom is -0.278 e. The van der Waals surface area contributed by atoms with E-state index in [1.165, 1.54) is 150 Å². The van der Waals surface area contributed by atoms with Gasteiger partial charge in [0.05, 0.1) is 22.2 Å². The smallest absolute Gasteiger partial charge is 0.235 e. The Morgan fingerprint density at radius 1 is 0.309 bits per heavy atom. The third-order valence-electron chi connectivity index (χ3n) is 19.4. The van der Waals surface area contributed by atoms with E-state index in [1.807, 2.05) is 34.8 Å². The lowest BCUT2D eigenvalue weighted by molar-refractivity contribution is 1.01. The van der Waals surface area contributed by atoms with Gasteiger partial charge in [-0.2, -0.15) is 0 Å². The lowest BCUT2D eigenvalue weighted by atomic mass is 9.94. The first-order valence-electron chi connectivity index (χ1n) is 32.0. The summed E-state index contributed by atoms with van der Waals surface area (Å²) in [5, 5.41) is 16.6. The molecule has 0 spiro atoms. The number of halogens is 1. The van der Waals surface area contributed by atoms with E-state index in [4.69, 9.17) is 9.97 Å². The topological polar surface area (TPSA) is 30.7 Å². The van der Waals surface area contributed by atoms with E-state index >= 15 is 0 Å². The zero-order valence-electron chi connectivity index (χ0n) is 50.8. The zero-order chi connectivity index (χ0) is 62.0. The lowest BCUT2D eigenvalue weighted by Crippen LogP contribution is -2.03. The maximum atomic E-state index is 5.27. The molecule has 4 heterocycles. The van der Waals surface area contributed by atoms with E-state index in [-0.39, 0.29) is 0 Å². The number of hydrogen-bond donors (Lipinski definition) is 0. The molecule has 0 saturated carbocycles. The van der Waals surface area contributed by atoms with Crippen LogP contribution in [-0.2, 0) is 12.8 Å². The molecule has 21 rings (SSSR count). The van der Waals surface area contributed by atoms with Crippen LogP contribution in [0.1, 0.15) is 22.3 Å². The minimum absolute atomic E-state index is 0.675. The summed E-state index contributed by atoms with van der Waals surface area (Å²) in [4.78, 5) is 10.4. The molecule has 440 valence electrons. The summed E-state index contributed by atoms with van der Waals surface area (Å²) in [6.07, 6.45) is 2.10. The van der Waals surface area contributed by atoms with Crippen molar-refractivity contribution in [2.75, 3.05) is 0 Å². The molecule has 2 aliphatic rings. The maximum absolute atomic E-state index is 5.27. The van der Waals surface area contributed by atoms with Crippen molar-refractivity contribution in [2.24, 2.45) is 0 Å². The van der Waals surface area contributed by atoms with Crippen LogP contribution in [0.25, 0.3) is 167 Å². The molecule has 94 heavy (non-hydrogen) atoms. The van der Waals surface area contributed by atoms with E-state index < -0.39 is 0 Å². The van der Waals surface area contributed by atoms with Crippen LogP contribution in [0.3, 0.4) is 0 Å². The van der Waals surface area contributed by atoms with Gasteiger partial charge in [0.15, 0.2) is 0 Å². The summed E-state index contributed by atoms with van der Waals surface area (Å²) in [6.45, 7) is 0. The molecule has 0 N–H and O–H groups in total. The van der Waals surface area contributed by atoms with Gasteiger partial charge < -0.3 is 0 Å². The standard InChI is InChI=1S/C42H25N3S.C29H18S.C17H11Br/c1-2-11-27(12-3-1)40-32-14-4-7-18-35(32)43-42(44-40)45-36-19-8-5-15-33(36)39-34-25-28(22-21-26(34)23-24-37(39)45)29-16-10-17-31-30-13-6-9-20-38(30)46-41(29)31;1-2-7-22-19(6-1)16-21-15-13-18-12-14-20(17-26(18)28(21)22)23-9-5-10-25-24-8-3-4-11-27(24)30-29(23)25;18-14-8-7-11-5-6-13-9-12-3-1-2-4-15(12)17(13)16(11)10-14/h1-25H;1-15,17H,16H2;1-8,10H,9H2. The molecule has 0 saturated heterocycles. The highest BCUT2D eigenvalue weighted by molar-refractivity contribution is 9.10. The molecule has 0 unspecified atom stereocenters. The summed E-state index contributed by atoms with van der Waals surface area (Å²) in [7, 11) is 0. The van der Waals surface area contributed by atoms with Gasteiger partial charge in [-0.15, -0.1) is 22.7 Å². The Hall–Kier alpha value is -10.9. The van der Waals surface area contributed by atoms with Crippen molar-refractivity contribution in [1.29, 1.82) is 0 Å². The van der Waals surface area contributed by atoms with Gasteiger partial charge in [0.25, 0.3) is 0 Å². The summed E-state index contributed by atoms with van der Waals surface area (Å²) in [5.74, 6) is 0.675. The second-order valence-electron chi connectivity index (χ2n) is 24.7. The van der Waals surface area contributed by atoms with Crippen molar-refractivity contribution in [3.63, 3.8) is 0 Å². The highest BCUT2D eigenvalue weighted by Gasteiger charge is 2.24. The summed E-state index contributed by atoms with van der Waals surface area (Å²) in [5.41, 5.74) is 21.7. The first-order chi connectivity index (χ1) is 46.5. The van der Waals surface area contributed by atoms with Crippen LogP contribution in [0.5, 0.6) is 0 Å². The molecule has 0 atom stereocenters. The fraction of sp³-hybridized carbons (Fsp3) is 0.0227. The Kier molecular flexibility index (Phi) is 12.9. The van der Waals surface area contributed by atoms with Crippen molar-refractivity contribution < 1.29 is 0 Å². The van der Waals surface area contributed by atoms with Crippen LogP contribution in [0.2, 0.25) is 0 Å². The van der Waals surface area contributed by atoms with E-state index in [9.17, 15) is 0 Å². The van der Waals surface area contributed by atoms with Crippen LogP contribution in [0, 0.1) is 0 Å². The average Bonchev–Trinajstić information content (AvgIpc) is 1.56. The Balaban J connectivity index is 0.000000111. The monoisotopic (exact) mass is 1300 g/mol. The normalized spacial score (nSPS) is 12.2. The number of rotatable bonds is 4. The number of nitrogens with zero attached hydrogens (tertiary/aromatic N) is 3. The van der Waals surface area contributed by atoms with E-state index in [0.29, 0.717) is 5.95 Å². The second-order valence-corrected chi connectivity index (χ2v) is 27.8. The molecule has 6 heteroatoms. The number of aromatic nitrogens is 3. The molecule has 0 aliphatic heterocycles. The molecule has 0 radical (unpaired) electrons.